The van der Waals surface area contributed by atoms with Crippen molar-refractivity contribution in [3.05, 3.63) is 94.6 Å². The molecule has 3 aromatic carbocycles. The first-order valence-corrected chi connectivity index (χ1v) is 10.5. The summed E-state index contributed by atoms with van der Waals surface area (Å²) in [4.78, 5) is 17.0. The maximum Gasteiger partial charge on any atom is 0.339 e. The highest BCUT2D eigenvalue weighted by Gasteiger charge is 2.13. The molecule has 4 aromatic rings. The molecule has 0 atom stereocenters. The van der Waals surface area contributed by atoms with Crippen LogP contribution in [0.3, 0.4) is 0 Å². The lowest BCUT2D eigenvalue weighted by Crippen LogP contribution is -1.96. The van der Waals surface area contributed by atoms with Crippen molar-refractivity contribution in [2.24, 2.45) is 0 Å². The third-order valence-corrected chi connectivity index (χ3v) is 6.26. The third-order valence-electron chi connectivity index (χ3n) is 5.00. The van der Waals surface area contributed by atoms with E-state index in [1.807, 2.05) is 25.1 Å². The van der Waals surface area contributed by atoms with Crippen LogP contribution >= 0.6 is 11.3 Å². The van der Waals surface area contributed by atoms with Crippen molar-refractivity contribution in [3.63, 3.8) is 0 Å². The lowest BCUT2D eigenvalue weighted by atomic mass is 10.0. The molecule has 0 fully saturated rings. The maximum atomic E-state index is 11.1. The van der Waals surface area contributed by atoms with Crippen molar-refractivity contribution in [1.82, 2.24) is 4.98 Å². The van der Waals surface area contributed by atoms with Crippen molar-refractivity contribution in [1.29, 1.82) is 0 Å². The number of aromatic nitrogens is 1. The van der Waals surface area contributed by atoms with Gasteiger partial charge in [-0.2, -0.15) is 0 Å². The van der Waals surface area contributed by atoms with E-state index >= 15 is 0 Å². The van der Waals surface area contributed by atoms with E-state index in [1.54, 1.807) is 17.4 Å². The molecular formula is C25H21NO3S. The molecule has 0 bridgehead atoms. The second-order valence-electron chi connectivity index (χ2n) is 7.13. The first kappa shape index (κ1) is 19.9. The Labute approximate surface area is 179 Å². The van der Waals surface area contributed by atoms with Crippen LogP contribution in [0.2, 0.25) is 0 Å². The number of rotatable bonds is 6. The van der Waals surface area contributed by atoms with Crippen LogP contribution in [-0.2, 0) is 12.8 Å². The molecule has 2 N–H and O–H groups in total. The molecule has 0 saturated heterocycles. The first-order valence-electron chi connectivity index (χ1n) is 9.68. The van der Waals surface area contributed by atoms with E-state index in [0.29, 0.717) is 0 Å². The van der Waals surface area contributed by atoms with Crippen molar-refractivity contribution in [2.45, 2.75) is 19.8 Å². The predicted molar refractivity (Wildman–Crippen MR) is 120 cm³/mol. The molecule has 0 aliphatic carbocycles. The van der Waals surface area contributed by atoms with Crippen molar-refractivity contribution >= 4 is 17.3 Å². The molecule has 0 spiro atoms. The number of hydrogen-bond donors (Lipinski definition) is 2. The molecule has 1 heterocycles. The zero-order valence-electron chi connectivity index (χ0n) is 16.5. The molecule has 4 nitrogen and oxygen atoms in total. The highest BCUT2D eigenvalue weighted by molar-refractivity contribution is 7.15. The second-order valence-corrected chi connectivity index (χ2v) is 8.21. The first-order chi connectivity index (χ1) is 14.5. The Bertz CT molecular complexity index is 1200. The van der Waals surface area contributed by atoms with E-state index in [1.165, 1.54) is 17.7 Å². The van der Waals surface area contributed by atoms with Gasteiger partial charge >= 0.3 is 5.97 Å². The van der Waals surface area contributed by atoms with Gasteiger partial charge in [-0.1, -0.05) is 54.6 Å². The van der Waals surface area contributed by atoms with E-state index in [0.717, 1.165) is 45.1 Å². The van der Waals surface area contributed by atoms with E-state index in [-0.39, 0.29) is 11.3 Å². The number of carbonyl (C=O) groups is 1. The number of nitrogens with zero attached hydrogens (tertiary/aromatic N) is 1. The Morgan fingerprint density at radius 1 is 0.900 bits per heavy atom. The SMILES string of the molecule is Cc1nc(CCc2ccccc2)sc1-c1cccc(-c2ccc(C(=O)O)c(O)c2)c1. The van der Waals surface area contributed by atoms with Crippen LogP contribution in [-0.4, -0.2) is 21.2 Å². The van der Waals surface area contributed by atoms with E-state index in [4.69, 9.17) is 10.1 Å². The summed E-state index contributed by atoms with van der Waals surface area (Å²) in [5.41, 5.74) is 4.96. The van der Waals surface area contributed by atoms with Gasteiger partial charge < -0.3 is 10.2 Å². The van der Waals surface area contributed by atoms with Crippen molar-refractivity contribution < 1.29 is 15.0 Å². The molecule has 4 rings (SSSR count). The highest BCUT2D eigenvalue weighted by Crippen LogP contribution is 2.34. The van der Waals surface area contributed by atoms with Gasteiger partial charge in [-0.3, -0.25) is 0 Å². The van der Waals surface area contributed by atoms with E-state index in [9.17, 15) is 9.90 Å². The lowest BCUT2D eigenvalue weighted by Gasteiger charge is -2.07. The molecule has 30 heavy (non-hydrogen) atoms. The van der Waals surface area contributed by atoms with Crippen LogP contribution in [0.5, 0.6) is 5.75 Å². The van der Waals surface area contributed by atoms with Gasteiger partial charge in [0.2, 0.25) is 0 Å². The van der Waals surface area contributed by atoms with Gasteiger partial charge in [-0.15, -0.1) is 11.3 Å². The Morgan fingerprint density at radius 2 is 1.63 bits per heavy atom. The molecule has 0 unspecified atom stereocenters. The molecule has 1 aromatic heterocycles. The van der Waals surface area contributed by atoms with Crippen LogP contribution in [0.1, 0.15) is 26.6 Å². The summed E-state index contributed by atoms with van der Waals surface area (Å²) in [5, 5.41) is 20.2. The summed E-state index contributed by atoms with van der Waals surface area (Å²) in [6, 6.07) is 23.1. The van der Waals surface area contributed by atoms with Crippen LogP contribution in [0.25, 0.3) is 21.6 Å². The quantitative estimate of drug-likeness (QED) is 0.407. The number of hydrogen-bond acceptors (Lipinski definition) is 4. The molecule has 0 aliphatic rings. The van der Waals surface area contributed by atoms with Gasteiger partial charge in [0.25, 0.3) is 0 Å². The molecule has 0 amide bonds. The van der Waals surface area contributed by atoms with Gasteiger partial charge in [0.1, 0.15) is 11.3 Å². The summed E-state index contributed by atoms with van der Waals surface area (Å²) >= 11 is 1.71. The van der Waals surface area contributed by atoms with Crippen LogP contribution in [0.15, 0.2) is 72.8 Å². The molecule has 0 saturated carbocycles. The van der Waals surface area contributed by atoms with Crippen LogP contribution in [0.4, 0.5) is 0 Å². The number of aryl methyl sites for hydroxylation is 3. The van der Waals surface area contributed by atoms with Gasteiger partial charge in [0, 0.05) is 6.42 Å². The van der Waals surface area contributed by atoms with Gasteiger partial charge in [-0.05, 0) is 53.8 Å². The second kappa shape index (κ2) is 8.51. The minimum absolute atomic E-state index is 0.101. The average Bonchev–Trinajstić information content (AvgIpc) is 3.13. The number of phenols is 1. The molecular weight excluding hydrogens is 394 g/mol. The number of benzene rings is 3. The largest absolute Gasteiger partial charge is 0.507 e. The number of aromatic hydroxyl groups is 1. The fourth-order valence-corrected chi connectivity index (χ4v) is 4.52. The standard InChI is InChI=1S/C25H21NO3S/c1-16-24(30-23(26-16)13-10-17-6-3-2-4-7-17)20-9-5-8-18(14-20)19-11-12-21(25(28)29)22(27)15-19/h2-9,11-12,14-15,27H,10,13H2,1H3,(H,28,29). The average molecular weight is 416 g/mol. The fourth-order valence-electron chi connectivity index (χ4n) is 3.46. The highest BCUT2D eigenvalue weighted by atomic mass is 32.1. The minimum Gasteiger partial charge on any atom is -0.507 e. The number of carboxylic acid groups (broad SMARTS) is 1. The Kier molecular flexibility index (Phi) is 5.63. The predicted octanol–water partition coefficient (Wildman–Crippen LogP) is 5.97. The summed E-state index contributed by atoms with van der Waals surface area (Å²) in [6.07, 6.45) is 1.86. The smallest absolute Gasteiger partial charge is 0.339 e. The van der Waals surface area contributed by atoms with Crippen molar-refractivity contribution in [2.75, 3.05) is 0 Å². The maximum absolute atomic E-state index is 11.1. The number of thiazole rings is 1. The summed E-state index contributed by atoms with van der Waals surface area (Å²) in [5.74, 6) is -1.38. The number of carboxylic acids is 1. The van der Waals surface area contributed by atoms with E-state index in [2.05, 4.69) is 36.4 Å². The molecule has 150 valence electrons. The number of aromatic carboxylic acids is 1. The van der Waals surface area contributed by atoms with Crippen LogP contribution in [0, 0.1) is 6.92 Å². The fraction of sp³-hybridized carbons (Fsp3) is 0.120. The Balaban J connectivity index is 1.59. The summed E-state index contributed by atoms with van der Waals surface area (Å²) < 4.78 is 0. The normalized spacial score (nSPS) is 10.8. The summed E-state index contributed by atoms with van der Waals surface area (Å²) in [6.45, 7) is 2.03. The molecule has 0 radical (unpaired) electrons. The van der Waals surface area contributed by atoms with Gasteiger partial charge in [-0.25, -0.2) is 9.78 Å². The van der Waals surface area contributed by atoms with Crippen molar-refractivity contribution in [3.8, 4) is 27.3 Å². The third kappa shape index (κ3) is 4.26. The topological polar surface area (TPSA) is 70.4 Å². The lowest BCUT2D eigenvalue weighted by molar-refractivity contribution is 0.0694. The van der Waals surface area contributed by atoms with Gasteiger partial charge in [0.05, 0.1) is 15.6 Å². The minimum atomic E-state index is -1.14. The Morgan fingerprint density at radius 3 is 2.37 bits per heavy atom. The Hall–Kier alpha value is -3.44. The zero-order valence-corrected chi connectivity index (χ0v) is 17.3. The zero-order chi connectivity index (χ0) is 21.1. The van der Waals surface area contributed by atoms with Gasteiger partial charge in [0.15, 0.2) is 0 Å². The molecule has 5 heteroatoms. The summed E-state index contributed by atoms with van der Waals surface area (Å²) in [7, 11) is 0. The monoisotopic (exact) mass is 415 g/mol. The molecule has 0 aliphatic heterocycles. The van der Waals surface area contributed by atoms with Crippen LogP contribution < -0.4 is 0 Å². The van der Waals surface area contributed by atoms with E-state index < -0.39 is 5.97 Å².